The summed E-state index contributed by atoms with van der Waals surface area (Å²) in [6.45, 7) is 0. The summed E-state index contributed by atoms with van der Waals surface area (Å²) in [6.07, 6.45) is 1.16. The number of carboxylic acids is 2. The van der Waals surface area contributed by atoms with Crippen LogP contribution in [0.3, 0.4) is 0 Å². The average Bonchev–Trinajstić information content (AvgIpc) is 2.03. The van der Waals surface area contributed by atoms with Gasteiger partial charge in [0.25, 0.3) is 0 Å². The van der Waals surface area contributed by atoms with Crippen molar-refractivity contribution in [3.63, 3.8) is 0 Å². The third-order valence-corrected chi connectivity index (χ3v) is 1.70. The fourth-order valence-corrected chi connectivity index (χ4v) is 1.09. The van der Waals surface area contributed by atoms with E-state index in [-0.39, 0.29) is 16.5 Å². The number of carbonyl (C=O) groups excluding carboxylic acids is 2. The number of hydrogen-bond acceptors (Lipinski definition) is 5. The van der Waals surface area contributed by atoms with Crippen molar-refractivity contribution in [2.24, 2.45) is 0 Å². The predicted octanol–water partition coefficient (Wildman–Crippen LogP) is -1.43. The van der Waals surface area contributed by atoms with Crippen molar-refractivity contribution in [2.45, 2.75) is 0 Å². The fraction of sp³-hybridized carbons (Fsp3) is 0. The number of halogens is 1. The largest absolute Gasteiger partial charge is 2.00 e. The molecular weight excluding hydrogens is 301 g/mol. The third-order valence-electron chi connectivity index (χ3n) is 1.27. The van der Waals surface area contributed by atoms with Gasteiger partial charge in [-0.25, -0.2) is 0 Å². The van der Waals surface area contributed by atoms with Crippen LogP contribution in [0.2, 0.25) is 0 Å². The summed E-state index contributed by atoms with van der Waals surface area (Å²) in [6, 6.07) is 1.09. The Bertz CT molecular complexity index is 382. The average molecular weight is 303 g/mol. The molecular formula is C7H2BrNNiO4. The second-order valence-corrected chi connectivity index (χ2v) is 3.04. The molecule has 0 radical (unpaired) electrons. The first-order chi connectivity index (χ1) is 6.02. The maximum Gasteiger partial charge on any atom is 2.00 e. The number of carboxylic acid groups (broad SMARTS) is 2. The van der Waals surface area contributed by atoms with Crippen LogP contribution in [0.25, 0.3) is 0 Å². The number of aromatic nitrogens is 1. The van der Waals surface area contributed by atoms with Gasteiger partial charge in [-0.1, -0.05) is 0 Å². The van der Waals surface area contributed by atoms with Crippen LogP contribution in [0.5, 0.6) is 0 Å². The Morgan fingerprint density at radius 1 is 1.29 bits per heavy atom. The number of nitrogens with zero attached hydrogens (tertiary/aromatic N) is 1. The normalized spacial score (nSPS) is 8.93. The molecule has 1 rings (SSSR count). The molecule has 14 heavy (non-hydrogen) atoms. The van der Waals surface area contributed by atoms with Gasteiger partial charge in [0, 0.05) is 16.2 Å². The summed E-state index contributed by atoms with van der Waals surface area (Å²) in [5.74, 6) is -3.25. The van der Waals surface area contributed by atoms with E-state index in [0.717, 1.165) is 12.3 Å². The first kappa shape index (κ1) is 13.1. The van der Waals surface area contributed by atoms with Crippen molar-refractivity contribution in [1.29, 1.82) is 0 Å². The molecule has 76 valence electrons. The van der Waals surface area contributed by atoms with Gasteiger partial charge in [0.15, 0.2) is 0 Å². The number of pyridine rings is 1. The predicted molar refractivity (Wildman–Crippen MR) is 40.6 cm³/mol. The molecule has 0 aliphatic carbocycles. The standard InChI is InChI=1S/C7H4BrNO4.Ni/c8-3-1-4(6(10)11)5(7(12)13)9-2-3;/h1-2H,(H,10,11)(H,12,13);/q;+2/p-2. The Balaban J connectivity index is 0.00000169. The molecule has 0 aliphatic heterocycles. The van der Waals surface area contributed by atoms with E-state index in [1.54, 1.807) is 0 Å². The summed E-state index contributed by atoms with van der Waals surface area (Å²) in [5.41, 5.74) is -1.14. The molecule has 0 bridgehead atoms. The van der Waals surface area contributed by atoms with Gasteiger partial charge in [-0.2, -0.15) is 0 Å². The molecule has 0 aromatic carbocycles. The second-order valence-electron chi connectivity index (χ2n) is 2.12. The van der Waals surface area contributed by atoms with E-state index < -0.39 is 23.2 Å². The molecule has 0 unspecified atom stereocenters. The maximum atomic E-state index is 10.4. The van der Waals surface area contributed by atoms with Gasteiger partial charge in [-0.15, -0.1) is 0 Å². The van der Waals surface area contributed by atoms with Crippen LogP contribution in [0.15, 0.2) is 16.7 Å². The van der Waals surface area contributed by atoms with E-state index in [9.17, 15) is 19.8 Å². The van der Waals surface area contributed by atoms with Gasteiger partial charge < -0.3 is 19.8 Å². The molecule has 0 fully saturated rings. The molecule has 5 nitrogen and oxygen atoms in total. The van der Waals surface area contributed by atoms with Gasteiger partial charge in [-0.05, 0) is 22.0 Å². The van der Waals surface area contributed by atoms with Crippen molar-refractivity contribution >= 4 is 27.9 Å². The van der Waals surface area contributed by atoms with Crippen LogP contribution in [0.1, 0.15) is 20.8 Å². The Morgan fingerprint density at radius 3 is 2.29 bits per heavy atom. The summed E-state index contributed by atoms with van der Waals surface area (Å²) < 4.78 is 0.358. The summed E-state index contributed by atoms with van der Waals surface area (Å²) in [5, 5.41) is 20.8. The van der Waals surface area contributed by atoms with E-state index in [1.165, 1.54) is 0 Å². The van der Waals surface area contributed by atoms with Gasteiger partial charge in [0.2, 0.25) is 0 Å². The van der Waals surface area contributed by atoms with Crippen LogP contribution < -0.4 is 10.2 Å². The molecule has 1 aromatic rings. The molecule has 0 atom stereocenters. The first-order valence-corrected chi connectivity index (χ1v) is 3.90. The molecule has 0 saturated carbocycles. The summed E-state index contributed by atoms with van der Waals surface area (Å²) in [7, 11) is 0. The molecule has 0 spiro atoms. The van der Waals surface area contributed by atoms with E-state index in [0.29, 0.717) is 4.47 Å². The third kappa shape index (κ3) is 2.78. The monoisotopic (exact) mass is 301 g/mol. The zero-order valence-corrected chi connectivity index (χ0v) is 9.00. The van der Waals surface area contributed by atoms with Gasteiger partial charge >= 0.3 is 16.5 Å². The number of rotatable bonds is 2. The van der Waals surface area contributed by atoms with Crippen LogP contribution in [-0.2, 0) is 16.5 Å². The minimum atomic E-state index is -1.65. The zero-order valence-electron chi connectivity index (χ0n) is 6.43. The summed E-state index contributed by atoms with van der Waals surface area (Å²) >= 11 is 2.95. The van der Waals surface area contributed by atoms with Gasteiger partial charge in [0.1, 0.15) is 0 Å². The van der Waals surface area contributed by atoms with Gasteiger partial charge in [0.05, 0.1) is 17.6 Å². The Morgan fingerprint density at radius 2 is 1.86 bits per heavy atom. The van der Waals surface area contributed by atoms with Crippen LogP contribution in [0.4, 0.5) is 0 Å². The maximum absolute atomic E-state index is 10.4. The zero-order chi connectivity index (χ0) is 10.0. The second kappa shape index (κ2) is 5.07. The number of aromatic carboxylic acids is 2. The summed E-state index contributed by atoms with van der Waals surface area (Å²) in [4.78, 5) is 24.1. The first-order valence-electron chi connectivity index (χ1n) is 3.10. The van der Waals surface area contributed by atoms with Gasteiger partial charge in [-0.3, -0.25) is 4.98 Å². The minimum absolute atomic E-state index is 0. The van der Waals surface area contributed by atoms with Crippen molar-refractivity contribution in [3.05, 3.63) is 28.0 Å². The number of hydrogen-bond donors (Lipinski definition) is 0. The minimum Gasteiger partial charge on any atom is -0.545 e. The SMILES string of the molecule is O=C([O-])c1cc(Br)cnc1C(=O)[O-].[Ni+2]. The van der Waals surface area contributed by atoms with Crippen LogP contribution in [0, 0.1) is 0 Å². The molecule has 0 N–H and O–H groups in total. The fourth-order valence-electron chi connectivity index (χ4n) is 0.758. The Hall–Kier alpha value is -0.936. The van der Waals surface area contributed by atoms with E-state index in [2.05, 4.69) is 20.9 Å². The topological polar surface area (TPSA) is 93.2 Å². The van der Waals surface area contributed by atoms with E-state index in [4.69, 9.17) is 0 Å². The Kier molecular flexibility index (Phi) is 4.73. The van der Waals surface area contributed by atoms with E-state index >= 15 is 0 Å². The smallest absolute Gasteiger partial charge is 0.545 e. The molecule has 0 aliphatic rings. The van der Waals surface area contributed by atoms with Crippen molar-refractivity contribution in [1.82, 2.24) is 4.98 Å². The number of carbonyl (C=O) groups is 2. The molecule has 0 saturated heterocycles. The van der Waals surface area contributed by atoms with Crippen molar-refractivity contribution in [3.8, 4) is 0 Å². The Labute approximate surface area is 97.2 Å². The molecule has 1 aromatic heterocycles. The van der Waals surface area contributed by atoms with Crippen molar-refractivity contribution < 1.29 is 36.3 Å². The molecule has 1 heterocycles. The quantitative estimate of drug-likeness (QED) is 0.624. The molecule has 0 amide bonds. The van der Waals surface area contributed by atoms with E-state index in [1.807, 2.05) is 0 Å². The van der Waals surface area contributed by atoms with Crippen LogP contribution in [-0.4, -0.2) is 16.9 Å². The molecule has 7 heteroatoms. The van der Waals surface area contributed by atoms with Crippen LogP contribution >= 0.6 is 15.9 Å². The van der Waals surface area contributed by atoms with Crippen molar-refractivity contribution in [2.75, 3.05) is 0 Å².